The second kappa shape index (κ2) is 6.90. The maximum absolute atomic E-state index is 13.8. The van der Waals surface area contributed by atoms with E-state index in [1.807, 2.05) is 0 Å². The molecule has 0 radical (unpaired) electrons. The van der Waals surface area contributed by atoms with Gasteiger partial charge in [-0.1, -0.05) is 18.5 Å². The standard InChI is InChI=1S/C16H15ClF2N2O4S/c1-2-13-16(22)20-12-5-8(17)6-14(15(12)25-13)26(23,24)21-11-4-3-9(18)7-10(11)19/h3-7,13,16,20-22H,2H2,1H3. The van der Waals surface area contributed by atoms with Gasteiger partial charge in [0.05, 0.1) is 11.4 Å². The van der Waals surface area contributed by atoms with E-state index >= 15 is 0 Å². The van der Waals surface area contributed by atoms with Crippen LogP contribution in [0.5, 0.6) is 5.75 Å². The summed E-state index contributed by atoms with van der Waals surface area (Å²) in [6, 6.07) is 5.01. The van der Waals surface area contributed by atoms with E-state index in [0.717, 1.165) is 18.2 Å². The van der Waals surface area contributed by atoms with Crippen molar-refractivity contribution in [3.8, 4) is 5.75 Å². The number of aliphatic hydroxyl groups excluding tert-OH is 1. The van der Waals surface area contributed by atoms with Crippen LogP contribution in [-0.4, -0.2) is 25.9 Å². The van der Waals surface area contributed by atoms with Gasteiger partial charge in [-0.3, -0.25) is 4.72 Å². The quantitative estimate of drug-likeness (QED) is 0.727. The summed E-state index contributed by atoms with van der Waals surface area (Å²) in [5.74, 6) is -1.94. The van der Waals surface area contributed by atoms with Crippen molar-refractivity contribution in [2.24, 2.45) is 0 Å². The minimum absolute atomic E-state index is 0.0402. The zero-order valence-electron chi connectivity index (χ0n) is 13.5. The number of hydrogen-bond donors (Lipinski definition) is 3. The zero-order valence-corrected chi connectivity index (χ0v) is 15.0. The Morgan fingerprint density at radius 2 is 2.04 bits per heavy atom. The Labute approximate surface area is 153 Å². The molecule has 6 nitrogen and oxygen atoms in total. The monoisotopic (exact) mass is 404 g/mol. The summed E-state index contributed by atoms with van der Waals surface area (Å²) in [6.07, 6.45) is -1.31. The molecule has 0 spiro atoms. The van der Waals surface area contributed by atoms with Crippen LogP contribution in [0.15, 0.2) is 35.2 Å². The molecule has 2 atom stereocenters. The molecule has 1 aliphatic heterocycles. The Kier molecular flexibility index (Phi) is 4.96. The Morgan fingerprint density at radius 1 is 1.31 bits per heavy atom. The highest BCUT2D eigenvalue weighted by Gasteiger charge is 2.33. The number of aliphatic hydroxyl groups is 1. The fraction of sp³-hybridized carbons (Fsp3) is 0.250. The lowest BCUT2D eigenvalue weighted by atomic mass is 10.1. The van der Waals surface area contributed by atoms with E-state index in [4.69, 9.17) is 16.3 Å². The number of anilines is 2. The topological polar surface area (TPSA) is 87.7 Å². The van der Waals surface area contributed by atoms with Gasteiger partial charge in [0.25, 0.3) is 10.0 Å². The third-order valence-corrected chi connectivity index (χ3v) is 5.40. The molecule has 140 valence electrons. The predicted molar refractivity (Wildman–Crippen MR) is 93.0 cm³/mol. The average Bonchev–Trinajstić information content (AvgIpc) is 2.56. The minimum Gasteiger partial charge on any atom is -0.482 e. The normalized spacial score (nSPS) is 19.3. The first-order valence-electron chi connectivity index (χ1n) is 7.64. The summed E-state index contributed by atoms with van der Waals surface area (Å²) in [4.78, 5) is -0.332. The van der Waals surface area contributed by atoms with Gasteiger partial charge in [-0.2, -0.15) is 0 Å². The van der Waals surface area contributed by atoms with Crippen molar-refractivity contribution >= 4 is 33.0 Å². The zero-order chi connectivity index (χ0) is 19.1. The highest BCUT2D eigenvalue weighted by Crippen LogP contribution is 2.40. The van der Waals surface area contributed by atoms with Crippen molar-refractivity contribution in [3.05, 3.63) is 47.0 Å². The summed E-state index contributed by atoms with van der Waals surface area (Å²) in [5.41, 5.74) is -0.231. The van der Waals surface area contributed by atoms with Crippen LogP contribution >= 0.6 is 11.6 Å². The molecule has 3 rings (SSSR count). The Balaban J connectivity index is 2.05. The van der Waals surface area contributed by atoms with Crippen LogP contribution in [-0.2, 0) is 10.0 Å². The first kappa shape index (κ1) is 18.7. The molecule has 2 aromatic carbocycles. The van der Waals surface area contributed by atoms with Gasteiger partial charge in [-0.15, -0.1) is 0 Å². The summed E-state index contributed by atoms with van der Waals surface area (Å²) < 4.78 is 60.0. The fourth-order valence-corrected chi connectivity index (χ4v) is 4.08. The summed E-state index contributed by atoms with van der Waals surface area (Å²) >= 11 is 5.97. The Morgan fingerprint density at radius 3 is 2.69 bits per heavy atom. The molecule has 1 heterocycles. The van der Waals surface area contributed by atoms with Crippen molar-refractivity contribution in [2.75, 3.05) is 10.0 Å². The molecule has 0 fully saturated rings. The van der Waals surface area contributed by atoms with Gasteiger partial charge in [-0.25, -0.2) is 17.2 Å². The third kappa shape index (κ3) is 3.55. The maximum atomic E-state index is 13.8. The third-order valence-electron chi connectivity index (χ3n) is 3.81. The first-order chi connectivity index (χ1) is 12.2. The molecule has 0 saturated heterocycles. The molecule has 0 aromatic heterocycles. The van der Waals surface area contributed by atoms with Crippen LogP contribution in [0.25, 0.3) is 0 Å². The molecule has 10 heteroatoms. The van der Waals surface area contributed by atoms with E-state index in [1.165, 1.54) is 6.07 Å². The molecule has 0 aliphatic carbocycles. The number of halogens is 3. The molecular formula is C16H15ClF2N2O4S. The van der Waals surface area contributed by atoms with E-state index in [1.54, 1.807) is 6.92 Å². The molecule has 2 aromatic rings. The lowest BCUT2D eigenvalue weighted by Gasteiger charge is -2.32. The van der Waals surface area contributed by atoms with E-state index in [0.29, 0.717) is 12.5 Å². The molecule has 2 unspecified atom stereocenters. The smallest absolute Gasteiger partial charge is 0.265 e. The van der Waals surface area contributed by atoms with E-state index in [-0.39, 0.29) is 21.4 Å². The number of benzene rings is 2. The second-order valence-electron chi connectivity index (χ2n) is 5.66. The first-order valence-corrected chi connectivity index (χ1v) is 9.50. The van der Waals surface area contributed by atoms with Crippen LogP contribution in [0.1, 0.15) is 13.3 Å². The van der Waals surface area contributed by atoms with Gasteiger partial charge in [0.2, 0.25) is 0 Å². The predicted octanol–water partition coefficient (Wildman–Crippen LogP) is 3.32. The van der Waals surface area contributed by atoms with Crippen LogP contribution in [0, 0.1) is 11.6 Å². The summed E-state index contributed by atoms with van der Waals surface area (Å²) in [7, 11) is -4.31. The SMILES string of the molecule is CCC1Oc2c(cc(Cl)cc2S(=O)(=O)Nc2ccc(F)cc2F)NC1O. The van der Waals surface area contributed by atoms with Gasteiger partial charge in [0.1, 0.15) is 22.6 Å². The molecule has 0 saturated carbocycles. The number of ether oxygens (including phenoxy) is 1. The van der Waals surface area contributed by atoms with Gasteiger partial charge in [-0.05, 0) is 30.7 Å². The van der Waals surface area contributed by atoms with E-state index < -0.39 is 39.7 Å². The van der Waals surface area contributed by atoms with E-state index in [9.17, 15) is 22.3 Å². The molecular weight excluding hydrogens is 390 g/mol. The second-order valence-corrected chi connectivity index (χ2v) is 7.75. The average molecular weight is 405 g/mol. The largest absolute Gasteiger partial charge is 0.482 e. The highest BCUT2D eigenvalue weighted by atomic mass is 35.5. The maximum Gasteiger partial charge on any atom is 0.265 e. The van der Waals surface area contributed by atoms with E-state index in [2.05, 4.69) is 10.0 Å². The van der Waals surface area contributed by atoms with Crippen LogP contribution in [0.3, 0.4) is 0 Å². The van der Waals surface area contributed by atoms with Gasteiger partial charge in [0.15, 0.2) is 12.0 Å². The van der Waals surface area contributed by atoms with Gasteiger partial charge < -0.3 is 15.2 Å². The van der Waals surface area contributed by atoms with Gasteiger partial charge in [0, 0.05) is 11.1 Å². The van der Waals surface area contributed by atoms with Crippen molar-refractivity contribution in [3.63, 3.8) is 0 Å². The Bertz CT molecular complexity index is 956. The van der Waals surface area contributed by atoms with Crippen molar-refractivity contribution in [1.29, 1.82) is 0 Å². The lowest BCUT2D eigenvalue weighted by molar-refractivity contribution is 0.0408. The number of rotatable bonds is 4. The molecule has 0 amide bonds. The number of hydrogen-bond acceptors (Lipinski definition) is 5. The molecule has 0 bridgehead atoms. The molecule has 1 aliphatic rings. The van der Waals surface area contributed by atoms with Crippen molar-refractivity contribution < 1.29 is 27.0 Å². The van der Waals surface area contributed by atoms with Crippen molar-refractivity contribution in [2.45, 2.75) is 30.6 Å². The lowest BCUT2D eigenvalue weighted by Crippen LogP contribution is -2.41. The minimum atomic E-state index is -4.31. The number of fused-ring (bicyclic) bond motifs is 1. The van der Waals surface area contributed by atoms with Crippen LogP contribution in [0.4, 0.5) is 20.2 Å². The van der Waals surface area contributed by atoms with Crippen LogP contribution in [0.2, 0.25) is 5.02 Å². The number of sulfonamides is 1. The number of nitrogens with one attached hydrogen (secondary N) is 2. The van der Waals surface area contributed by atoms with Crippen molar-refractivity contribution in [1.82, 2.24) is 0 Å². The summed E-state index contributed by atoms with van der Waals surface area (Å²) in [6.45, 7) is 1.76. The fourth-order valence-electron chi connectivity index (χ4n) is 2.54. The van der Waals surface area contributed by atoms with Gasteiger partial charge >= 0.3 is 0 Å². The molecule has 26 heavy (non-hydrogen) atoms. The summed E-state index contributed by atoms with van der Waals surface area (Å²) in [5, 5.41) is 12.8. The molecule has 3 N–H and O–H groups in total. The highest BCUT2D eigenvalue weighted by molar-refractivity contribution is 7.92. The van der Waals surface area contributed by atoms with Crippen LogP contribution < -0.4 is 14.8 Å². The Hall–Kier alpha value is -2.10.